The average molecular weight is 372 g/mol. The Balaban J connectivity index is 1.77. The quantitative estimate of drug-likeness (QED) is 0.690. The van der Waals surface area contributed by atoms with Crippen molar-refractivity contribution in [2.75, 3.05) is 38.3 Å². The first-order valence-electron chi connectivity index (χ1n) is 8.36. The van der Waals surface area contributed by atoms with Gasteiger partial charge in [0.2, 0.25) is 11.8 Å². The molecule has 0 radical (unpaired) electrons. The summed E-state index contributed by atoms with van der Waals surface area (Å²) in [6, 6.07) is -0.608. The van der Waals surface area contributed by atoms with Gasteiger partial charge in [-0.3, -0.25) is 9.69 Å². The summed E-state index contributed by atoms with van der Waals surface area (Å²) in [5, 5.41) is 3.95. The average Bonchev–Trinajstić information content (AvgIpc) is 3.11. The highest BCUT2D eigenvalue weighted by atomic mass is 32.2. The zero-order chi connectivity index (χ0) is 18.2. The molecule has 0 N–H and O–H groups in total. The summed E-state index contributed by atoms with van der Waals surface area (Å²) in [5.41, 5.74) is 0. The molecule has 10 heteroatoms. The molecule has 3 rings (SSSR count). The number of hydrogen-bond acceptors (Lipinski definition) is 8. The van der Waals surface area contributed by atoms with E-state index in [1.165, 1.54) is 7.11 Å². The van der Waals surface area contributed by atoms with Crippen LogP contribution in [0.3, 0.4) is 0 Å². The third-order valence-corrected chi connectivity index (χ3v) is 6.42. The molecule has 2 fully saturated rings. The number of sulfone groups is 1. The highest BCUT2D eigenvalue weighted by molar-refractivity contribution is 7.91. The Bertz CT molecular complexity index is 732. The number of nitrogens with zero attached hydrogens (tertiary/aromatic N) is 4. The second-order valence-corrected chi connectivity index (χ2v) is 9.06. The monoisotopic (exact) mass is 372 g/mol. The molecule has 25 heavy (non-hydrogen) atoms. The summed E-state index contributed by atoms with van der Waals surface area (Å²) in [5.74, 6) is 1.14. The largest absolute Gasteiger partial charge is 0.375 e. The lowest BCUT2D eigenvalue weighted by molar-refractivity contribution is -0.141. The lowest BCUT2D eigenvalue weighted by atomic mass is 10.0. The van der Waals surface area contributed by atoms with E-state index >= 15 is 0 Å². The summed E-state index contributed by atoms with van der Waals surface area (Å²) in [6.45, 7) is 5.34. The van der Waals surface area contributed by atoms with Crippen molar-refractivity contribution in [3.63, 3.8) is 0 Å². The molecule has 0 bridgehead atoms. The van der Waals surface area contributed by atoms with Crippen LogP contribution in [-0.4, -0.2) is 84.7 Å². The van der Waals surface area contributed by atoms with Crippen LogP contribution in [0.2, 0.25) is 0 Å². The summed E-state index contributed by atoms with van der Waals surface area (Å²) < 4.78 is 34.5. The van der Waals surface area contributed by atoms with Crippen LogP contribution in [0.4, 0.5) is 0 Å². The lowest BCUT2D eigenvalue weighted by Gasteiger charge is -2.43. The number of piperazine rings is 1. The van der Waals surface area contributed by atoms with Crippen LogP contribution in [-0.2, 0) is 25.9 Å². The van der Waals surface area contributed by atoms with E-state index in [-0.39, 0.29) is 42.0 Å². The van der Waals surface area contributed by atoms with Crippen molar-refractivity contribution in [2.24, 2.45) is 0 Å². The zero-order valence-electron chi connectivity index (χ0n) is 14.7. The van der Waals surface area contributed by atoms with Crippen molar-refractivity contribution in [1.29, 1.82) is 0 Å². The predicted molar refractivity (Wildman–Crippen MR) is 88.6 cm³/mol. The van der Waals surface area contributed by atoms with Crippen LogP contribution in [0.25, 0.3) is 0 Å². The van der Waals surface area contributed by atoms with Gasteiger partial charge >= 0.3 is 0 Å². The fourth-order valence-corrected chi connectivity index (χ4v) is 5.49. The molecule has 1 aromatic rings. The molecule has 2 aliphatic rings. The van der Waals surface area contributed by atoms with E-state index in [0.29, 0.717) is 31.3 Å². The van der Waals surface area contributed by atoms with Gasteiger partial charge < -0.3 is 14.2 Å². The number of carbonyl (C=O) groups excluding carboxylic acids is 1. The molecule has 3 heterocycles. The first-order valence-corrected chi connectivity index (χ1v) is 10.2. The van der Waals surface area contributed by atoms with Gasteiger partial charge in [-0.15, -0.1) is 0 Å². The van der Waals surface area contributed by atoms with Crippen LogP contribution in [0, 0.1) is 0 Å². The van der Waals surface area contributed by atoms with Gasteiger partial charge in [0.25, 0.3) is 0 Å². The maximum Gasteiger partial charge on any atom is 0.248 e. The van der Waals surface area contributed by atoms with Gasteiger partial charge in [-0.1, -0.05) is 19.0 Å². The Morgan fingerprint density at radius 3 is 2.68 bits per heavy atom. The number of carbonyl (C=O) groups is 1. The molecular weight excluding hydrogens is 348 g/mol. The van der Waals surface area contributed by atoms with Crippen LogP contribution in [0.5, 0.6) is 0 Å². The van der Waals surface area contributed by atoms with Gasteiger partial charge in [0.1, 0.15) is 6.61 Å². The minimum atomic E-state index is -3.19. The molecule has 140 valence electrons. The third kappa shape index (κ3) is 3.85. The number of fused-ring (bicyclic) bond motifs is 1. The normalized spacial score (nSPS) is 26.2. The number of aromatic nitrogens is 2. The smallest absolute Gasteiger partial charge is 0.248 e. The van der Waals surface area contributed by atoms with Gasteiger partial charge in [-0.25, -0.2) is 8.42 Å². The highest BCUT2D eigenvalue weighted by Crippen LogP contribution is 2.28. The van der Waals surface area contributed by atoms with Gasteiger partial charge in [0.05, 0.1) is 24.1 Å². The maximum absolute atomic E-state index is 12.2. The molecule has 9 nitrogen and oxygen atoms in total. The summed E-state index contributed by atoms with van der Waals surface area (Å²) in [4.78, 5) is 20.3. The zero-order valence-corrected chi connectivity index (χ0v) is 15.5. The Morgan fingerprint density at radius 1 is 1.32 bits per heavy atom. The first-order chi connectivity index (χ1) is 11.8. The maximum atomic E-state index is 12.2. The predicted octanol–water partition coefficient (Wildman–Crippen LogP) is -0.351. The van der Waals surface area contributed by atoms with Crippen LogP contribution >= 0.6 is 0 Å². The van der Waals surface area contributed by atoms with Crippen molar-refractivity contribution in [1.82, 2.24) is 19.9 Å². The van der Waals surface area contributed by atoms with Gasteiger partial charge in [0, 0.05) is 32.2 Å². The van der Waals surface area contributed by atoms with Crippen LogP contribution < -0.4 is 0 Å². The van der Waals surface area contributed by atoms with E-state index in [9.17, 15) is 13.2 Å². The van der Waals surface area contributed by atoms with Gasteiger partial charge in [-0.05, 0) is 0 Å². The molecule has 2 atom stereocenters. The van der Waals surface area contributed by atoms with Crippen LogP contribution in [0.15, 0.2) is 4.52 Å². The Labute approximate surface area is 147 Å². The second kappa shape index (κ2) is 7.00. The molecule has 1 aromatic heterocycles. The van der Waals surface area contributed by atoms with Crippen molar-refractivity contribution in [2.45, 2.75) is 38.4 Å². The van der Waals surface area contributed by atoms with E-state index in [1.807, 2.05) is 18.7 Å². The molecular formula is C15H24N4O5S. The third-order valence-electron chi connectivity index (χ3n) is 4.72. The fraction of sp³-hybridized carbons (Fsp3) is 0.800. The highest BCUT2D eigenvalue weighted by Gasteiger charge is 2.48. The van der Waals surface area contributed by atoms with E-state index in [2.05, 4.69) is 10.1 Å². The fourth-order valence-electron chi connectivity index (χ4n) is 3.48. The number of ether oxygens (including phenoxy) is 1. The van der Waals surface area contributed by atoms with E-state index in [4.69, 9.17) is 9.26 Å². The van der Waals surface area contributed by atoms with Gasteiger partial charge in [-0.2, -0.15) is 4.98 Å². The SMILES string of the molecule is COCC(=O)N1CCN(Cc2nc(C(C)C)no2)[C@H]2CS(=O)(=O)C[C@H]21. The second-order valence-electron chi connectivity index (χ2n) is 6.90. The summed E-state index contributed by atoms with van der Waals surface area (Å²) >= 11 is 0. The van der Waals surface area contributed by atoms with E-state index in [0.717, 1.165) is 0 Å². The molecule has 0 unspecified atom stereocenters. The lowest BCUT2D eigenvalue weighted by Crippen LogP contribution is -2.60. The molecule has 2 aliphatic heterocycles. The minimum Gasteiger partial charge on any atom is -0.375 e. The Hall–Kier alpha value is -1.52. The Kier molecular flexibility index (Phi) is 5.12. The van der Waals surface area contributed by atoms with Gasteiger partial charge in [0.15, 0.2) is 15.7 Å². The van der Waals surface area contributed by atoms with Crippen molar-refractivity contribution in [3.8, 4) is 0 Å². The van der Waals surface area contributed by atoms with Crippen molar-refractivity contribution in [3.05, 3.63) is 11.7 Å². The number of amides is 1. The molecule has 0 aliphatic carbocycles. The standard InChI is InChI=1S/C15H24N4O5S/c1-10(2)15-16-13(24-17-15)6-18-4-5-19(14(20)7-23-3)12-9-25(21,22)8-11(12)18/h10-12H,4-9H2,1-3H3/t11-,12+/m0/s1. The molecule has 0 aromatic carbocycles. The first kappa shape index (κ1) is 18.3. The van der Waals surface area contributed by atoms with Crippen molar-refractivity contribution < 1.29 is 22.5 Å². The van der Waals surface area contributed by atoms with Crippen molar-refractivity contribution >= 4 is 15.7 Å². The number of rotatable bonds is 5. The minimum absolute atomic E-state index is 0.00923. The molecule has 0 saturated carbocycles. The summed E-state index contributed by atoms with van der Waals surface area (Å²) in [6.07, 6.45) is 0. The molecule has 2 saturated heterocycles. The topological polar surface area (TPSA) is 106 Å². The summed E-state index contributed by atoms with van der Waals surface area (Å²) in [7, 11) is -1.73. The number of methoxy groups -OCH3 is 1. The van der Waals surface area contributed by atoms with E-state index in [1.54, 1.807) is 4.90 Å². The molecule has 0 spiro atoms. The Morgan fingerprint density at radius 2 is 2.04 bits per heavy atom. The van der Waals surface area contributed by atoms with Crippen LogP contribution in [0.1, 0.15) is 31.5 Å². The van der Waals surface area contributed by atoms with E-state index < -0.39 is 9.84 Å². The molecule has 1 amide bonds. The number of hydrogen-bond donors (Lipinski definition) is 0.